The molecular weight excluding hydrogens is 489 g/mol. The van der Waals surface area contributed by atoms with Gasteiger partial charge in [-0.2, -0.15) is 0 Å². The second-order valence-corrected chi connectivity index (χ2v) is 9.86. The van der Waals surface area contributed by atoms with E-state index >= 15 is 0 Å². The standard InChI is InChI=1S/C21H23ClIN3S/c1-14-11-25(21-24-19-7-6-18(23)9-20(19)27-21)12-15(2)26(14)13-17-5-3-4-16(8-17)10-22/h3-9,14-15H,10-13H2,1-2H3. The molecule has 1 aromatic heterocycles. The summed E-state index contributed by atoms with van der Waals surface area (Å²) in [5, 5.41) is 1.15. The van der Waals surface area contributed by atoms with Crippen molar-refractivity contribution < 1.29 is 0 Å². The fourth-order valence-electron chi connectivity index (χ4n) is 3.87. The first-order valence-corrected chi connectivity index (χ1v) is 11.7. The highest BCUT2D eigenvalue weighted by Crippen LogP contribution is 2.32. The molecule has 2 aromatic carbocycles. The maximum Gasteiger partial charge on any atom is 0.186 e. The van der Waals surface area contributed by atoms with Gasteiger partial charge in [0.1, 0.15) is 0 Å². The van der Waals surface area contributed by atoms with Gasteiger partial charge in [-0.15, -0.1) is 11.6 Å². The molecule has 1 aliphatic heterocycles. The van der Waals surface area contributed by atoms with Crippen LogP contribution in [0, 0.1) is 3.57 Å². The Hall–Kier alpha value is -0.890. The van der Waals surface area contributed by atoms with Crippen molar-refractivity contribution in [2.24, 2.45) is 0 Å². The van der Waals surface area contributed by atoms with E-state index in [0.29, 0.717) is 18.0 Å². The second kappa shape index (κ2) is 8.23. The van der Waals surface area contributed by atoms with Crippen molar-refractivity contribution >= 4 is 60.9 Å². The summed E-state index contributed by atoms with van der Waals surface area (Å²) < 4.78 is 2.54. The number of benzene rings is 2. The average molecular weight is 512 g/mol. The molecule has 2 heterocycles. The summed E-state index contributed by atoms with van der Waals surface area (Å²) in [4.78, 5) is 9.94. The molecule has 3 aromatic rings. The summed E-state index contributed by atoms with van der Waals surface area (Å²) >= 11 is 10.2. The Morgan fingerprint density at radius 3 is 2.59 bits per heavy atom. The van der Waals surface area contributed by atoms with Crippen LogP contribution in [0.2, 0.25) is 0 Å². The van der Waals surface area contributed by atoms with E-state index in [1.165, 1.54) is 19.4 Å². The summed E-state index contributed by atoms with van der Waals surface area (Å²) in [7, 11) is 0. The molecule has 0 aliphatic carbocycles. The number of halogens is 2. The summed E-state index contributed by atoms with van der Waals surface area (Å²) in [6.07, 6.45) is 0. The van der Waals surface area contributed by atoms with Gasteiger partial charge in [-0.1, -0.05) is 35.6 Å². The van der Waals surface area contributed by atoms with Crippen molar-refractivity contribution in [1.82, 2.24) is 9.88 Å². The Morgan fingerprint density at radius 2 is 1.85 bits per heavy atom. The van der Waals surface area contributed by atoms with Gasteiger partial charge in [-0.05, 0) is 65.8 Å². The molecule has 0 amide bonds. The minimum absolute atomic E-state index is 0.473. The van der Waals surface area contributed by atoms with Crippen LogP contribution in [-0.4, -0.2) is 35.1 Å². The number of fused-ring (bicyclic) bond motifs is 1. The molecule has 0 saturated carbocycles. The monoisotopic (exact) mass is 511 g/mol. The molecule has 3 nitrogen and oxygen atoms in total. The van der Waals surface area contributed by atoms with Gasteiger partial charge in [0.2, 0.25) is 0 Å². The quantitative estimate of drug-likeness (QED) is 0.329. The van der Waals surface area contributed by atoms with Gasteiger partial charge in [0, 0.05) is 41.2 Å². The summed E-state index contributed by atoms with van der Waals surface area (Å²) in [5.74, 6) is 0.573. The largest absolute Gasteiger partial charge is 0.345 e. The zero-order chi connectivity index (χ0) is 19.0. The number of nitrogens with zero attached hydrogens (tertiary/aromatic N) is 3. The van der Waals surface area contributed by atoms with E-state index < -0.39 is 0 Å². The van der Waals surface area contributed by atoms with Crippen LogP contribution < -0.4 is 4.90 Å². The van der Waals surface area contributed by atoms with Gasteiger partial charge in [0.15, 0.2) is 5.13 Å². The van der Waals surface area contributed by atoms with E-state index in [1.807, 2.05) is 11.3 Å². The molecule has 0 radical (unpaired) electrons. The predicted octanol–water partition coefficient (Wildman–Crippen LogP) is 5.74. The first kappa shape index (κ1) is 19.4. The molecule has 0 bridgehead atoms. The smallest absolute Gasteiger partial charge is 0.186 e. The van der Waals surface area contributed by atoms with E-state index in [2.05, 4.69) is 88.7 Å². The van der Waals surface area contributed by atoms with Crippen LogP contribution in [0.5, 0.6) is 0 Å². The van der Waals surface area contributed by atoms with E-state index in [-0.39, 0.29) is 0 Å². The first-order valence-electron chi connectivity index (χ1n) is 9.24. The minimum Gasteiger partial charge on any atom is -0.345 e. The Bertz CT molecular complexity index is 932. The van der Waals surface area contributed by atoms with Gasteiger partial charge >= 0.3 is 0 Å². The second-order valence-electron chi connectivity index (χ2n) is 7.34. The highest BCUT2D eigenvalue weighted by atomic mass is 127. The van der Waals surface area contributed by atoms with Gasteiger partial charge in [-0.3, -0.25) is 4.90 Å². The number of thiazole rings is 1. The topological polar surface area (TPSA) is 19.4 Å². The van der Waals surface area contributed by atoms with E-state index in [4.69, 9.17) is 16.6 Å². The minimum atomic E-state index is 0.473. The van der Waals surface area contributed by atoms with E-state index in [1.54, 1.807) is 0 Å². The molecule has 1 fully saturated rings. The average Bonchev–Trinajstić information content (AvgIpc) is 3.08. The van der Waals surface area contributed by atoms with Crippen molar-refractivity contribution in [1.29, 1.82) is 0 Å². The van der Waals surface area contributed by atoms with Crippen LogP contribution in [-0.2, 0) is 12.4 Å². The Kier molecular flexibility index (Phi) is 5.92. The van der Waals surface area contributed by atoms with Crippen LogP contribution in [0.4, 0.5) is 5.13 Å². The molecule has 0 N–H and O–H groups in total. The van der Waals surface area contributed by atoms with E-state index in [0.717, 1.165) is 30.3 Å². The van der Waals surface area contributed by atoms with Gasteiger partial charge in [-0.25, -0.2) is 4.98 Å². The van der Waals surface area contributed by atoms with Crippen LogP contribution in [0.3, 0.4) is 0 Å². The molecular formula is C21H23ClIN3S. The number of aromatic nitrogens is 1. The summed E-state index contributed by atoms with van der Waals surface area (Å²) in [6, 6.07) is 16.1. The lowest BCUT2D eigenvalue weighted by Gasteiger charge is -2.44. The van der Waals surface area contributed by atoms with E-state index in [9.17, 15) is 0 Å². The lowest BCUT2D eigenvalue weighted by atomic mass is 10.1. The van der Waals surface area contributed by atoms with Gasteiger partial charge in [0.25, 0.3) is 0 Å². The maximum atomic E-state index is 6.00. The number of piperazine rings is 1. The summed E-state index contributed by atoms with van der Waals surface area (Å²) in [5.41, 5.74) is 3.64. The lowest BCUT2D eigenvalue weighted by Crippen LogP contribution is -2.56. The van der Waals surface area contributed by atoms with Crippen molar-refractivity contribution in [2.75, 3.05) is 18.0 Å². The zero-order valence-corrected chi connectivity index (χ0v) is 19.3. The van der Waals surface area contributed by atoms with Crippen LogP contribution in [0.15, 0.2) is 42.5 Å². The highest BCUT2D eigenvalue weighted by molar-refractivity contribution is 14.1. The molecule has 6 heteroatoms. The first-order chi connectivity index (χ1) is 13.0. The molecule has 0 spiro atoms. The number of hydrogen-bond acceptors (Lipinski definition) is 4. The molecule has 1 saturated heterocycles. The normalized spacial score (nSPS) is 21.1. The van der Waals surface area contributed by atoms with Gasteiger partial charge < -0.3 is 4.90 Å². The summed E-state index contributed by atoms with van der Waals surface area (Å²) in [6.45, 7) is 7.64. The predicted molar refractivity (Wildman–Crippen MR) is 125 cm³/mol. The number of hydrogen-bond donors (Lipinski definition) is 0. The third kappa shape index (κ3) is 4.26. The van der Waals surface area contributed by atoms with Crippen LogP contribution >= 0.6 is 45.5 Å². The Labute approximate surface area is 183 Å². The van der Waals surface area contributed by atoms with Gasteiger partial charge in [0.05, 0.1) is 10.2 Å². The SMILES string of the molecule is CC1CN(c2nc3ccc(I)cc3s2)CC(C)N1Cc1cccc(CCl)c1. The molecule has 2 atom stereocenters. The number of rotatable bonds is 4. The third-order valence-corrected chi connectivity index (χ3v) is 7.28. The van der Waals surface area contributed by atoms with Crippen molar-refractivity contribution in [3.63, 3.8) is 0 Å². The number of anilines is 1. The van der Waals surface area contributed by atoms with Crippen molar-refractivity contribution in [2.45, 2.75) is 38.4 Å². The fraction of sp³-hybridized carbons (Fsp3) is 0.381. The third-order valence-electron chi connectivity index (χ3n) is 5.22. The fourth-order valence-corrected chi connectivity index (χ4v) is 5.76. The van der Waals surface area contributed by atoms with Crippen LogP contribution in [0.1, 0.15) is 25.0 Å². The molecule has 27 heavy (non-hydrogen) atoms. The maximum absolute atomic E-state index is 6.00. The molecule has 2 unspecified atom stereocenters. The van der Waals surface area contributed by atoms with Crippen molar-refractivity contribution in [3.8, 4) is 0 Å². The number of alkyl halides is 1. The Balaban J connectivity index is 1.50. The molecule has 1 aliphatic rings. The zero-order valence-electron chi connectivity index (χ0n) is 15.5. The lowest BCUT2D eigenvalue weighted by molar-refractivity contribution is 0.123. The molecule has 142 valence electrons. The highest BCUT2D eigenvalue weighted by Gasteiger charge is 2.30. The van der Waals surface area contributed by atoms with Crippen LogP contribution in [0.25, 0.3) is 10.2 Å². The molecule has 4 rings (SSSR count). The Morgan fingerprint density at radius 1 is 1.11 bits per heavy atom. The van der Waals surface area contributed by atoms with Crippen molar-refractivity contribution in [3.05, 3.63) is 57.2 Å².